The van der Waals surface area contributed by atoms with Crippen LogP contribution >= 0.6 is 11.6 Å². The number of nitrogens with zero attached hydrogens (tertiary/aromatic N) is 4. The number of benzene rings is 1. The van der Waals surface area contributed by atoms with Gasteiger partial charge in [0.05, 0.1) is 18.1 Å². The molecule has 2 aromatic heterocycles. The van der Waals surface area contributed by atoms with Crippen molar-refractivity contribution in [2.75, 3.05) is 13.2 Å². The summed E-state index contributed by atoms with van der Waals surface area (Å²) in [4.78, 5) is 29.6. The number of ether oxygens (including phenoxy) is 1. The number of carbonyl (C=O) groups excluding carboxylic acids is 1. The molecule has 1 amide bonds. The predicted molar refractivity (Wildman–Crippen MR) is 100 cm³/mol. The average Bonchev–Trinajstić information content (AvgIpc) is 3.31. The van der Waals surface area contributed by atoms with Crippen LogP contribution in [0, 0.1) is 0 Å². The van der Waals surface area contributed by atoms with Gasteiger partial charge in [0.15, 0.2) is 11.2 Å². The molecule has 0 saturated carbocycles. The Balaban J connectivity index is 1.77. The van der Waals surface area contributed by atoms with E-state index in [0.29, 0.717) is 23.9 Å². The third-order valence-electron chi connectivity index (χ3n) is 4.54. The first-order chi connectivity index (χ1) is 13.0. The molecule has 0 bridgehead atoms. The molecule has 0 unspecified atom stereocenters. The summed E-state index contributed by atoms with van der Waals surface area (Å²) in [5.74, 6) is -0.385. The predicted octanol–water partition coefficient (Wildman–Crippen LogP) is 1.68. The summed E-state index contributed by atoms with van der Waals surface area (Å²) in [6.45, 7) is 1.12. The molecule has 3 aromatic rings. The van der Waals surface area contributed by atoms with E-state index in [2.05, 4.69) is 15.4 Å². The molecule has 1 aliphatic heterocycles. The third-order valence-corrected chi connectivity index (χ3v) is 4.80. The fraction of sp³-hybridized carbons (Fsp3) is 0.333. The van der Waals surface area contributed by atoms with Crippen LogP contribution in [0.2, 0.25) is 5.02 Å². The Bertz CT molecular complexity index is 1050. The van der Waals surface area contributed by atoms with E-state index in [-0.39, 0.29) is 34.3 Å². The molecule has 1 aromatic carbocycles. The fourth-order valence-electron chi connectivity index (χ4n) is 3.11. The van der Waals surface area contributed by atoms with Crippen molar-refractivity contribution in [3.8, 4) is 5.69 Å². The van der Waals surface area contributed by atoms with Crippen LogP contribution in [0.1, 0.15) is 23.3 Å². The molecular weight excluding hydrogens is 370 g/mol. The van der Waals surface area contributed by atoms with E-state index >= 15 is 0 Å². The van der Waals surface area contributed by atoms with Gasteiger partial charge in [-0.2, -0.15) is 5.10 Å². The van der Waals surface area contributed by atoms with Gasteiger partial charge in [-0.25, -0.2) is 9.67 Å². The van der Waals surface area contributed by atoms with Crippen molar-refractivity contribution in [2.45, 2.75) is 18.9 Å². The summed E-state index contributed by atoms with van der Waals surface area (Å²) < 4.78 is 8.31. The maximum absolute atomic E-state index is 12.7. The second-order valence-corrected chi connectivity index (χ2v) is 6.88. The average molecular weight is 388 g/mol. The minimum absolute atomic E-state index is 0.0133. The van der Waals surface area contributed by atoms with Gasteiger partial charge in [0.25, 0.3) is 11.5 Å². The number of amides is 1. The lowest BCUT2D eigenvalue weighted by atomic mass is 10.2. The molecule has 9 heteroatoms. The molecule has 0 radical (unpaired) electrons. The summed E-state index contributed by atoms with van der Waals surface area (Å²) >= 11 is 5.95. The molecule has 8 nitrogen and oxygen atoms in total. The first-order valence-corrected chi connectivity index (χ1v) is 9.02. The van der Waals surface area contributed by atoms with Crippen LogP contribution in [-0.4, -0.2) is 44.5 Å². The second kappa shape index (κ2) is 7.13. The van der Waals surface area contributed by atoms with Gasteiger partial charge in [0.2, 0.25) is 0 Å². The van der Waals surface area contributed by atoms with E-state index in [1.54, 1.807) is 31.3 Å². The Hall–Kier alpha value is -2.71. The molecule has 1 aliphatic rings. The summed E-state index contributed by atoms with van der Waals surface area (Å²) in [7, 11) is 1.60. The van der Waals surface area contributed by atoms with Crippen LogP contribution in [0.5, 0.6) is 0 Å². The van der Waals surface area contributed by atoms with Gasteiger partial charge >= 0.3 is 0 Å². The quantitative estimate of drug-likeness (QED) is 0.735. The zero-order valence-corrected chi connectivity index (χ0v) is 15.4. The summed E-state index contributed by atoms with van der Waals surface area (Å²) in [6, 6.07) is 6.86. The molecule has 0 aliphatic carbocycles. The number of aromatic nitrogens is 4. The van der Waals surface area contributed by atoms with E-state index in [1.165, 1.54) is 15.6 Å². The normalized spacial score (nSPS) is 16.7. The minimum atomic E-state index is -0.385. The Labute approximate surface area is 159 Å². The van der Waals surface area contributed by atoms with Crippen LogP contribution in [0.25, 0.3) is 16.7 Å². The molecule has 1 saturated heterocycles. The summed E-state index contributed by atoms with van der Waals surface area (Å²) in [5, 5.41) is 7.78. The summed E-state index contributed by atoms with van der Waals surface area (Å²) in [6.07, 6.45) is 3.31. The topological polar surface area (TPSA) is 91.0 Å². The van der Waals surface area contributed by atoms with E-state index in [4.69, 9.17) is 16.3 Å². The van der Waals surface area contributed by atoms with Gasteiger partial charge in [-0.1, -0.05) is 11.6 Å². The first-order valence-electron chi connectivity index (χ1n) is 8.64. The second-order valence-electron chi connectivity index (χ2n) is 6.44. The number of hydrogen-bond acceptors (Lipinski definition) is 5. The number of rotatable bonds is 4. The summed E-state index contributed by atoms with van der Waals surface area (Å²) in [5.41, 5.74) is 0.937. The van der Waals surface area contributed by atoms with Gasteiger partial charge < -0.3 is 14.6 Å². The highest BCUT2D eigenvalue weighted by molar-refractivity contribution is 6.30. The van der Waals surface area contributed by atoms with Crippen molar-refractivity contribution < 1.29 is 9.53 Å². The third kappa shape index (κ3) is 3.33. The zero-order valence-electron chi connectivity index (χ0n) is 14.7. The smallest absolute Gasteiger partial charge is 0.279 e. The molecular formula is C18H18ClN5O3. The van der Waals surface area contributed by atoms with Crippen molar-refractivity contribution in [1.29, 1.82) is 0 Å². The maximum Gasteiger partial charge on any atom is 0.279 e. The maximum atomic E-state index is 12.7. The molecule has 1 atom stereocenters. The monoisotopic (exact) mass is 387 g/mol. The zero-order chi connectivity index (χ0) is 19.0. The van der Waals surface area contributed by atoms with Crippen molar-refractivity contribution >= 4 is 28.5 Å². The van der Waals surface area contributed by atoms with Gasteiger partial charge in [0, 0.05) is 25.2 Å². The van der Waals surface area contributed by atoms with Crippen molar-refractivity contribution in [2.24, 2.45) is 7.05 Å². The van der Waals surface area contributed by atoms with Gasteiger partial charge in [-0.3, -0.25) is 9.59 Å². The number of nitrogens with one attached hydrogen (secondary N) is 1. The molecule has 27 heavy (non-hydrogen) atoms. The minimum Gasteiger partial charge on any atom is -0.376 e. The van der Waals surface area contributed by atoms with E-state index in [1.807, 2.05) is 0 Å². The van der Waals surface area contributed by atoms with Crippen LogP contribution < -0.4 is 10.9 Å². The molecule has 4 rings (SSSR count). The van der Waals surface area contributed by atoms with Gasteiger partial charge in [-0.05, 0) is 37.1 Å². The van der Waals surface area contributed by atoms with E-state index < -0.39 is 0 Å². The molecule has 3 heterocycles. The van der Waals surface area contributed by atoms with Crippen LogP contribution in [0.4, 0.5) is 0 Å². The van der Waals surface area contributed by atoms with Crippen molar-refractivity contribution in [3.05, 3.63) is 51.7 Å². The lowest BCUT2D eigenvalue weighted by Gasteiger charge is -2.09. The Morgan fingerprint density at radius 1 is 1.37 bits per heavy atom. The molecule has 1 fully saturated rings. The van der Waals surface area contributed by atoms with E-state index in [0.717, 1.165) is 12.8 Å². The largest absolute Gasteiger partial charge is 0.376 e. The molecule has 140 valence electrons. The number of carbonyl (C=O) groups is 1. The van der Waals surface area contributed by atoms with Crippen LogP contribution in [0.15, 0.2) is 35.4 Å². The fourth-order valence-corrected chi connectivity index (χ4v) is 3.23. The lowest BCUT2D eigenvalue weighted by Crippen LogP contribution is -2.32. The Morgan fingerprint density at radius 2 is 2.15 bits per heavy atom. The SMILES string of the molecule is Cn1cnc2c(C(=O)NC[C@@H]3CCCO3)nn(-c3ccc(Cl)cc3)c2c1=O. The molecule has 1 N–H and O–H groups in total. The Kier molecular flexibility index (Phi) is 4.67. The highest BCUT2D eigenvalue weighted by Crippen LogP contribution is 2.19. The van der Waals surface area contributed by atoms with Crippen molar-refractivity contribution in [3.63, 3.8) is 0 Å². The highest BCUT2D eigenvalue weighted by atomic mass is 35.5. The number of aryl methyl sites for hydroxylation is 1. The van der Waals surface area contributed by atoms with Crippen molar-refractivity contribution in [1.82, 2.24) is 24.6 Å². The van der Waals surface area contributed by atoms with Gasteiger partial charge in [0.1, 0.15) is 5.52 Å². The first kappa shape index (κ1) is 17.7. The van der Waals surface area contributed by atoms with Crippen LogP contribution in [0.3, 0.4) is 0 Å². The van der Waals surface area contributed by atoms with Gasteiger partial charge in [-0.15, -0.1) is 0 Å². The van der Waals surface area contributed by atoms with Crippen LogP contribution in [-0.2, 0) is 11.8 Å². The standard InChI is InChI=1S/C18H18ClN5O3/c1-23-10-21-14-15(17(25)20-9-13-3-2-8-27-13)22-24(16(14)18(23)26)12-6-4-11(19)5-7-12/h4-7,10,13H,2-3,8-9H2,1H3,(H,20,25)/t13-/m0/s1. The number of hydrogen-bond donors (Lipinski definition) is 1. The van der Waals surface area contributed by atoms with E-state index in [9.17, 15) is 9.59 Å². The highest BCUT2D eigenvalue weighted by Gasteiger charge is 2.23. The lowest BCUT2D eigenvalue weighted by molar-refractivity contribution is 0.0854. The Morgan fingerprint density at radius 3 is 2.85 bits per heavy atom. The molecule has 0 spiro atoms. The number of fused-ring (bicyclic) bond motifs is 1. The number of halogens is 1.